The Morgan fingerprint density at radius 2 is 1.61 bits per heavy atom. The second-order valence-corrected chi connectivity index (χ2v) is 6.69. The number of allylic oxidation sites excluding steroid dienone is 2. The standard InChI is InChI=1S/C24H17N3O/c25-14-17-12-19(16-26-15-17)18-6-5-7-20(13-18)27-21-8-1-3-10-23(21)28-24-11-4-2-9-22(24)27/h1-13,15,26H,16H2. The molecule has 0 aliphatic carbocycles. The van der Waals surface area contributed by atoms with E-state index in [2.05, 4.69) is 52.7 Å². The number of nitriles is 1. The highest BCUT2D eigenvalue weighted by molar-refractivity contribution is 5.87. The van der Waals surface area contributed by atoms with Gasteiger partial charge < -0.3 is 15.0 Å². The SMILES string of the molecule is N#CC1=CNCC(c2cccc(N3c4ccccc4Oc4ccccc43)c2)=C1. The van der Waals surface area contributed by atoms with E-state index < -0.39 is 0 Å². The van der Waals surface area contributed by atoms with Gasteiger partial charge in [0, 0.05) is 18.4 Å². The van der Waals surface area contributed by atoms with Gasteiger partial charge in [-0.05, 0) is 53.6 Å². The second-order valence-electron chi connectivity index (χ2n) is 6.69. The molecule has 2 heterocycles. The van der Waals surface area contributed by atoms with Crippen LogP contribution in [0.3, 0.4) is 0 Å². The first-order valence-electron chi connectivity index (χ1n) is 9.14. The average molecular weight is 363 g/mol. The number of dihydropyridines is 1. The Morgan fingerprint density at radius 3 is 2.32 bits per heavy atom. The summed E-state index contributed by atoms with van der Waals surface area (Å²) in [5.41, 5.74) is 5.88. The fourth-order valence-electron chi connectivity index (χ4n) is 3.63. The van der Waals surface area contributed by atoms with E-state index >= 15 is 0 Å². The fourth-order valence-corrected chi connectivity index (χ4v) is 3.63. The molecule has 2 aliphatic heterocycles. The number of hydrogen-bond donors (Lipinski definition) is 1. The van der Waals surface area contributed by atoms with E-state index in [1.165, 1.54) is 0 Å². The highest BCUT2D eigenvalue weighted by Crippen LogP contribution is 2.50. The van der Waals surface area contributed by atoms with Crippen LogP contribution in [0, 0.1) is 11.3 Å². The summed E-state index contributed by atoms with van der Waals surface area (Å²) in [7, 11) is 0. The first-order chi connectivity index (χ1) is 13.8. The van der Waals surface area contributed by atoms with Crippen LogP contribution in [0.15, 0.2) is 90.6 Å². The Bertz CT molecular complexity index is 1120. The molecule has 1 N–H and O–H groups in total. The summed E-state index contributed by atoms with van der Waals surface area (Å²) in [6, 6.07) is 26.7. The van der Waals surface area contributed by atoms with Gasteiger partial charge in [0.2, 0.25) is 0 Å². The molecule has 3 aromatic carbocycles. The molecule has 0 saturated heterocycles. The van der Waals surface area contributed by atoms with E-state index in [1.807, 2.05) is 42.5 Å². The van der Waals surface area contributed by atoms with Crippen molar-refractivity contribution >= 4 is 22.6 Å². The lowest BCUT2D eigenvalue weighted by molar-refractivity contribution is 0.477. The van der Waals surface area contributed by atoms with Gasteiger partial charge in [-0.2, -0.15) is 5.26 Å². The fraction of sp³-hybridized carbons (Fsp3) is 0.0417. The Labute approximate surface area is 163 Å². The van der Waals surface area contributed by atoms with Crippen LogP contribution in [0.4, 0.5) is 17.1 Å². The maximum absolute atomic E-state index is 9.21. The van der Waals surface area contributed by atoms with Crippen LogP contribution in [0.25, 0.3) is 5.57 Å². The first kappa shape index (κ1) is 16.2. The maximum atomic E-state index is 9.21. The van der Waals surface area contributed by atoms with E-state index in [9.17, 15) is 5.26 Å². The largest absolute Gasteiger partial charge is 0.453 e. The predicted molar refractivity (Wildman–Crippen MR) is 111 cm³/mol. The Balaban J connectivity index is 1.64. The maximum Gasteiger partial charge on any atom is 0.151 e. The van der Waals surface area contributed by atoms with Gasteiger partial charge in [-0.3, -0.25) is 0 Å². The van der Waals surface area contributed by atoms with Crippen LogP contribution in [0.1, 0.15) is 5.56 Å². The molecule has 0 saturated carbocycles. The number of fused-ring (bicyclic) bond motifs is 2. The zero-order valence-corrected chi connectivity index (χ0v) is 15.1. The van der Waals surface area contributed by atoms with Gasteiger partial charge in [-0.15, -0.1) is 0 Å². The zero-order chi connectivity index (χ0) is 18.9. The number of benzene rings is 3. The summed E-state index contributed by atoms with van der Waals surface area (Å²) in [4.78, 5) is 2.22. The Kier molecular flexibility index (Phi) is 3.85. The number of rotatable bonds is 2. The number of ether oxygens (including phenoxy) is 1. The van der Waals surface area contributed by atoms with Gasteiger partial charge >= 0.3 is 0 Å². The highest BCUT2D eigenvalue weighted by atomic mass is 16.5. The molecule has 0 unspecified atom stereocenters. The van der Waals surface area contributed by atoms with Crippen molar-refractivity contribution in [3.8, 4) is 17.6 Å². The molecule has 0 radical (unpaired) electrons. The van der Waals surface area contributed by atoms with E-state index in [1.54, 1.807) is 6.20 Å². The molecule has 0 spiro atoms. The van der Waals surface area contributed by atoms with Crippen molar-refractivity contribution in [1.82, 2.24) is 5.32 Å². The molecule has 5 rings (SSSR count). The van der Waals surface area contributed by atoms with Crippen molar-refractivity contribution in [3.05, 3.63) is 96.2 Å². The third-order valence-corrected chi connectivity index (χ3v) is 4.92. The molecule has 0 amide bonds. The average Bonchev–Trinajstić information content (AvgIpc) is 2.77. The van der Waals surface area contributed by atoms with Gasteiger partial charge in [0.05, 0.1) is 16.9 Å². The molecule has 4 nitrogen and oxygen atoms in total. The van der Waals surface area contributed by atoms with Gasteiger partial charge in [0.15, 0.2) is 11.5 Å². The lowest BCUT2D eigenvalue weighted by Crippen LogP contribution is -2.17. The molecule has 2 aliphatic rings. The van der Waals surface area contributed by atoms with Crippen molar-refractivity contribution in [2.24, 2.45) is 0 Å². The summed E-state index contributed by atoms with van der Waals surface area (Å²) >= 11 is 0. The normalized spacial score (nSPS) is 14.5. The molecular weight excluding hydrogens is 346 g/mol. The summed E-state index contributed by atoms with van der Waals surface area (Å²) < 4.78 is 6.10. The van der Waals surface area contributed by atoms with Crippen molar-refractivity contribution < 1.29 is 4.74 Å². The minimum atomic E-state index is 0.633. The molecule has 134 valence electrons. The number of nitrogens with one attached hydrogen (secondary N) is 1. The topological polar surface area (TPSA) is 48.3 Å². The number of nitrogens with zero attached hydrogens (tertiary/aromatic N) is 2. The Hall–Kier alpha value is -3.97. The molecular formula is C24H17N3O. The second kappa shape index (κ2) is 6.64. The summed E-state index contributed by atoms with van der Waals surface area (Å²) in [5, 5.41) is 12.4. The quantitative estimate of drug-likeness (QED) is 0.499. The molecule has 3 aromatic rings. The summed E-state index contributed by atoms with van der Waals surface area (Å²) in [6.45, 7) is 0.699. The van der Waals surface area contributed by atoms with Crippen LogP contribution in [0.2, 0.25) is 0 Å². The minimum Gasteiger partial charge on any atom is -0.453 e. The van der Waals surface area contributed by atoms with Crippen LogP contribution < -0.4 is 15.0 Å². The highest BCUT2D eigenvalue weighted by Gasteiger charge is 2.25. The molecule has 0 aromatic heterocycles. The van der Waals surface area contributed by atoms with Crippen LogP contribution in [-0.2, 0) is 0 Å². The number of hydrogen-bond acceptors (Lipinski definition) is 4. The molecule has 0 bridgehead atoms. The monoisotopic (exact) mass is 363 g/mol. The molecule has 0 fully saturated rings. The van der Waals surface area contributed by atoms with E-state index in [0.717, 1.165) is 39.7 Å². The van der Waals surface area contributed by atoms with Crippen LogP contribution in [-0.4, -0.2) is 6.54 Å². The number of para-hydroxylation sites is 4. The lowest BCUT2D eigenvalue weighted by atomic mass is 10.00. The van der Waals surface area contributed by atoms with E-state index in [-0.39, 0.29) is 0 Å². The zero-order valence-electron chi connectivity index (χ0n) is 15.1. The van der Waals surface area contributed by atoms with Gasteiger partial charge in [0.1, 0.15) is 6.07 Å². The third kappa shape index (κ3) is 2.70. The molecule has 28 heavy (non-hydrogen) atoms. The van der Waals surface area contributed by atoms with Crippen molar-refractivity contribution in [3.63, 3.8) is 0 Å². The van der Waals surface area contributed by atoms with Gasteiger partial charge in [-0.25, -0.2) is 0 Å². The molecule has 4 heteroatoms. The lowest BCUT2D eigenvalue weighted by Gasteiger charge is -2.33. The van der Waals surface area contributed by atoms with Crippen molar-refractivity contribution in [2.75, 3.05) is 11.4 Å². The van der Waals surface area contributed by atoms with Crippen molar-refractivity contribution in [2.45, 2.75) is 0 Å². The predicted octanol–water partition coefficient (Wildman–Crippen LogP) is 5.66. The van der Waals surface area contributed by atoms with E-state index in [0.29, 0.717) is 12.1 Å². The van der Waals surface area contributed by atoms with Crippen LogP contribution >= 0.6 is 0 Å². The van der Waals surface area contributed by atoms with Gasteiger partial charge in [-0.1, -0.05) is 36.4 Å². The summed E-state index contributed by atoms with van der Waals surface area (Å²) in [6.07, 6.45) is 3.69. The van der Waals surface area contributed by atoms with Crippen LogP contribution in [0.5, 0.6) is 11.5 Å². The van der Waals surface area contributed by atoms with E-state index in [4.69, 9.17) is 4.74 Å². The minimum absolute atomic E-state index is 0.633. The summed E-state index contributed by atoms with van der Waals surface area (Å²) in [5.74, 6) is 1.67. The number of anilines is 3. The van der Waals surface area contributed by atoms with Crippen molar-refractivity contribution in [1.29, 1.82) is 5.26 Å². The Morgan fingerprint density at radius 1 is 0.893 bits per heavy atom. The smallest absolute Gasteiger partial charge is 0.151 e. The molecule has 0 atom stereocenters. The third-order valence-electron chi connectivity index (χ3n) is 4.92. The first-order valence-corrected chi connectivity index (χ1v) is 9.14. The van der Waals surface area contributed by atoms with Gasteiger partial charge in [0.25, 0.3) is 0 Å².